The van der Waals surface area contributed by atoms with E-state index >= 15 is 0 Å². The maximum atomic E-state index is 12.6. The molecule has 4 rings (SSSR count). The Kier molecular flexibility index (Phi) is 6.17. The predicted molar refractivity (Wildman–Crippen MR) is 118 cm³/mol. The lowest BCUT2D eigenvalue weighted by Gasteiger charge is -2.08. The number of carbonyl (C=O) groups excluding carboxylic acids is 2. The van der Waals surface area contributed by atoms with Crippen LogP contribution in [0.5, 0.6) is 5.75 Å². The number of aromatic nitrogens is 4. The predicted octanol–water partition coefficient (Wildman–Crippen LogP) is 3.06. The van der Waals surface area contributed by atoms with Crippen LogP contribution in [0.3, 0.4) is 0 Å². The lowest BCUT2D eigenvalue weighted by Crippen LogP contribution is -2.23. The van der Waals surface area contributed by atoms with Crippen LogP contribution < -0.4 is 15.4 Å². The van der Waals surface area contributed by atoms with Crippen molar-refractivity contribution in [2.24, 2.45) is 0 Å². The van der Waals surface area contributed by atoms with Crippen LogP contribution >= 0.6 is 0 Å². The molecule has 0 aliphatic rings. The summed E-state index contributed by atoms with van der Waals surface area (Å²) in [6.07, 6.45) is 3.07. The molecule has 0 aliphatic carbocycles. The third-order valence-corrected chi connectivity index (χ3v) is 4.60. The van der Waals surface area contributed by atoms with E-state index in [-0.39, 0.29) is 18.4 Å². The highest BCUT2D eigenvalue weighted by Crippen LogP contribution is 2.19. The summed E-state index contributed by atoms with van der Waals surface area (Å²) in [4.78, 5) is 33.2. The summed E-state index contributed by atoms with van der Waals surface area (Å²) in [5, 5.41) is 12.6. The van der Waals surface area contributed by atoms with Gasteiger partial charge in [0.15, 0.2) is 5.82 Å². The van der Waals surface area contributed by atoms with E-state index in [0.29, 0.717) is 28.5 Å². The summed E-state index contributed by atoms with van der Waals surface area (Å²) >= 11 is 0. The Balaban J connectivity index is 1.37. The highest BCUT2D eigenvalue weighted by molar-refractivity contribution is 6.04. The van der Waals surface area contributed by atoms with E-state index in [0.717, 1.165) is 11.3 Å². The van der Waals surface area contributed by atoms with Crippen LogP contribution in [0.1, 0.15) is 26.5 Å². The molecule has 0 saturated heterocycles. The SMILES string of the molecule is COc1ccc(-c2n[nH]c(CNC(=O)c3cccc(NC(=O)c4cccnc4)c3)n2)cc1. The van der Waals surface area contributed by atoms with E-state index < -0.39 is 0 Å². The van der Waals surface area contributed by atoms with Crippen LogP contribution in [0.2, 0.25) is 0 Å². The normalized spacial score (nSPS) is 10.4. The van der Waals surface area contributed by atoms with E-state index in [1.807, 2.05) is 24.3 Å². The number of hydrogen-bond donors (Lipinski definition) is 3. The minimum absolute atomic E-state index is 0.175. The average molecular weight is 428 g/mol. The molecule has 32 heavy (non-hydrogen) atoms. The maximum Gasteiger partial charge on any atom is 0.257 e. The maximum absolute atomic E-state index is 12.6. The van der Waals surface area contributed by atoms with Gasteiger partial charge in [-0.2, -0.15) is 5.10 Å². The van der Waals surface area contributed by atoms with Gasteiger partial charge in [-0.15, -0.1) is 0 Å². The molecule has 0 spiro atoms. The van der Waals surface area contributed by atoms with Crippen LogP contribution in [0.15, 0.2) is 73.1 Å². The van der Waals surface area contributed by atoms with Gasteiger partial charge in [0.05, 0.1) is 19.2 Å². The molecule has 2 amide bonds. The van der Waals surface area contributed by atoms with Gasteiger partial charge in [0, 0.05) is 29.2 Å². The molecule has 9 nitrogen and oxygen atoms in total. The lowest BCUT2D eigenvalue weighted by atomic mass is 10.1. The second kappa shape index (κ2) is 9.52. The number of carbonyl (C=O) groups is 2. The number of nitrogens with zero attached hydrogens (tertiary/aromatic N) is 3. The Hall–Kier alpha value is -4.53. The topological polar surface area (TPSA) is 122 Å². The first kappa shape index (κ1) is 20.7. The molecular weight excluding hydrogens is 408 g/mol. The Labute approximate surface area is 183 Å². The minimum Gasteiger partial charge on any atom is -0.497 e. The van der Waals surface area contributed by atoms with Crippen molar-refractivity contribution in [1.82, 2.24) is 25.5 Å². The highest BCUT2D eigenvalue weighted by Gasteiger charge is 2.11. The number of methoxy groups -OCH3 is 1. The van der Waals surface area contributed by atoms with Crippen molar-refractivity contribution in [1.29, 1.82) is 0 Å². The fourth-order valence-electron chi connectivity index (χ4n) is 2.95. The zero-order valence-electron chi connectivity index (χ0n) is 17.2. The molecule has 9 heteroatoms. The van der Waals surface area contributed by atoms with E-state index in [2.05, 4.69) is 30.8 Å². The first-order valence-electron chi connectivity index (χ1n) is 9.78. The van der Waals surface area contributed by atoms with Crippen molar-refractivity contribution in [2.45, 2.75) is 6.54 Å². The Morgan fingerprint density at radius 2 is 1.81 bits per heavy atom. The van der Waals surface area contributed by atoms with Crippen molar-refractivity contribution in [3.63, 3.8) is 0 Å². The van der Waals surface area contributed by atoms with Crippen molar-refractivity contribution >= 4 is 17.5 Å². The van der Waals surface area contributed by atoms with Gasteiger partial charge in [-0.1, -0.05) is 6.07 Å². The van der Waals surface area contributed by atoms with Gasteiger partial charge < -0.3 is 15.4 Å². The first-order valence-corrected chi connectivity index (χ1v) is 9.78. The molecule has 0 unspecified atom stereocenters. The molecule has 2 aromatic heterocycles. The van der Waals surface area contributed by atoms with Gasteiger partial charge in [0.1, 0.15) is 11.6 Å². The average Bonchev–Trinajstić information content (AvgIpc) is 3.32. The number of anilines is 1. The molecule has 0 aliphatic heterocycles. The number of nitrogens with one attached hydrogen (secondary N) is 3. The summed E-state index contributed by atoms with van der Waals surface area (Å²) in [5.41, 5.74) is 2.17. The minimum atomic E-state index is -0.302. The molecular formula is C23H20N6O3. The van der Waals surface area contributed by atoms with E-state index in [1.54, 1.807) is 49.7 Å². The summed E-state index contributed by atoms with van der Waals surface area (Å²) in [6, 6.07) is 17.4. The zero-order valence-corrected chi connectivity index (χ0v) is 17.2. The molecule has 0 atom stereocenters. The first-order chi connectivity index (χ1) is 15.6. The molecule has 2 heterocycles. The zero-order chi connectivity index (χ0) is 22.3. The van der Waals surface area contributed by atoms with Gasteiger partial charge >= 0.3 is 0 Å². The highest BCUT2D eigenvalue weighted by atomic mass is 16.5. The molecule has 0 bridgehead atoms. The molecule has 0 saturated carbocycles. The number of ether oxygens (including phenoxy) is 1. The largest absolute Gasteiger partial charge is 0.497 e. The van der Waals surface area contributed by atoms with Crippen LogP contribution in [0.4, 0.5) is 5.69 Å². The number of hydrogen-bond acceptors (Lipinski definition) is 6. The van der Waals surface area contributed by atoms with Crippen molar-refractivity contribution in [2.75, 3.05) is 12.4 Å². The van der Waals surface area contributed by atoms with Gasteiger partial charge in [-0.3, -0.25) is 19.7 Å². The van der Waals surface area contributed by atoms with E-state index in [4.69, 9.17) is 4.74 Å². The molecule has 0 radical (unpaired) electrons. The van der Waals surface area contributed by atoms with Gasteiger partial charge in [-0.05, 0) is 54.6 Å². The van der Waals surface area contributed by atoms with Crippen molar-refractivity contribution in [3.05, 3.63) is 90.0 Å². The number of rotatable bonds is 7. The summed E-state index contributed by atoms with van der Waals surface area (Å²) < 4.78 is 5.15. The summed E-state index contributed by atoms with van der Waals surface area (Å²) in [6.45, 7) is 0.175. The van der Waals surface area contributed by atoms with E-state index in [9.17, 15) is 9.59 Å². The second-order valence-corrected chi connectivity index (χ2v) is 6.79. The molecule has 0 fully saturated rings. The number of benzene rings is 2. The van der Waals surface area contributed by atoms with Crippen molar-refractivity contribution < 1.29 is 14.3 Å². The number of pyridine rings is 1. The molecule has 160 valence electrons. The van der Waals surface area contributed by atoms with Gasteiger partial charge in [0.25, 0.3) is 11.8 Å². The third kappa shape index (κ3) is 4.96. The summed E-state index contributed by atoms with van der Waals surface area (Å²) in [7, 11) is 1.60. The number of amides is 2. The summed E-state index contributed by atoms with van der Waals surface area (Å²) in [5.74, 6) is 1.19. The van der Waals surface area contributed by atoms with E-state index in [1.165, 1.54) is 6.20 Å². The van der Waals surface area contributed by atoms with Crippen LogP contribution in [0, 0.1) is 0 Å². The van der Waals surface area contributed by atoms with Crippen LogP contribution in [0.25, 0.3) is 11.4 Å². The quantitative estimate of drug-likeness (QED) is 0.416. The van der Waals surface area contributed by atoms with Crippen molar-refractivity contribution in [3.8, 4) is 17.1 Å². The third-order valence-electron chi connectivity index (χ3n) is 4.60. The Morgan fingerprint density at radius 1 is 1.00 bits per heavy atom. The number of H-pyrrole nitrogens is 1. The monoisotopic (exact) mass is 428 g/mol. The number of aromatic amines is 1. The fraction of sp³-hybridized carbons (Fsp3) is 0.0870. The Bertz CT molecular complexity index is 1220. The van der Waals surface area contributed by atoms with Crippen LogP contribution in [-0.2, 0) is 6.54 Å². The lowest BCUT2D eigenvalue weighted by molar-refractivity contribution is 0.0948. The van der Waals surface area contributed by atoms with Gasteiger partial charge in [0.2, 0.25) is 0 Å². The second-order valence-electron chi connectivity index (χ2n) is 6.79. The smallest absolute Gasteiger partial charge is 0.257 e. The van der Waals surface area contributed by atoms with Crippen LogP contribution in [-0.4, -0.2) is 39.1 Å². The van der Waals surface area contributed by atoms with Gasteiger partial charge in [-0.25, -0.2) is 4.98 Å². The fourth-order valence-corrected chi connectivity index (χ4v) is 2.95. The molecule has 2 aromatic carbocycles. The Morgan fingerprint density at radius 3 is 2.56 bits per heavy atom. The molecule has 4 aromatic rings. The molecule has 3 N–H and O–H groups in total. The standard InChI is InChI=1S/C23H20N6O3/c1-32-19-9-7-15(8-10-19)21-27-20(28-29-21)14-25-22(30)16-4-2-6-18(12-16)26-23(31)17-5-3-11-24-13-17/h2-13H,14H2,1H3,(H,25,30)(H,26,31)(H,27,28,29).